The van der Waals surface area contributed by atoms with Crippen LogP contribution in [-0.2, 0) is 4.79 Å². The fraction of sp³-hybridized carbons (Fsp3) is 0.941. The van der Waals surface area contributed by atoms with Gasteiger partial charge in [0.25, 0.3) is 0 Å². The monoisotopic (exact) mass is 278 g/mol. The Hall–Kier alpha value is -0.570. The van der Waals surface area contributed by atoms with E-state index in [1.54, 1.807) is 0 Å². The maximum absolute atomic E-state index is 12.2. The number of hydrogen-bond donors (Lipinski definition) is 1. The van der Waals surface area contributed by atoms with Crippen LogP contribution in [0.3, 0.4) is 0 Å². The van der Waals surface area contributed by atoms with Crippen molar-refractivity contribution >= 4 is 5.91 Å². The molecule has 1 aliphatic heterocycles. The minimum Gasteiger partial charge on any atom is -0.353 e. The molecule has 0 aromatic heterocycles. The van der Waals surface area contributed by atoms with Crippen molar-refractivity contribution in [3.63, 3.8) is 0 Å². The van der Waals surface area contributed by atoms with Crippen molar-refractivity contribution < 1.29 is 4.79 Å². The van der Waals surface area contributed by atoms with Crippen LogP contribution >= 0.6 is 0 Å². The van der Waals surface area contributed by atoms with Gasteiger partial charge in [-0.3, -0.25) is 4.79 Å². The molecule has 3 aliphatic rings. The van der Waals surface area contributed by atoms with Gasteiger partial charge in [-0.1, -0.05) is 13.3 Å². The van der Waals surface area contributed by atoms with E-state index in [4.69, 9.17) is 0 Å². The lowest BCUT2D eigenvalue weighted by Gasteiger charge is -2.32. The molecular formula is C17H30N2O. The first-order chi connectivity index (χ1) is 9.74. The summed E-state index contributed by atoms with van der Waals surface area (Å²) in [5.41, 5.74) is 0. The zero-order valence-corrected chi connectivity index (χ0v) is 12.9. The lowest BCUT2D eigenvalue weighted by molar-refractivity contribution is -0.123. The van der Waals surface area contributed by atoms with Crippen molar-refractivity contribution in [1.82, 2.24) is 10.2 Å². The van der Waals surface area contributed by atoms with Crippen LogP contribution in [0, 0.1) is 17.8 Å². The number of carbonyl (C=O) groups is 1. The Balaban J connectivity index is 1.37. The molecule has 114 valence electrons. The number of nitrogens with zero attached hydrogens (tertiary/aromatic N) is 1. The number of fused-ring (bicyclic) bond motifs is 2. The summed E-state index contributed by atoms with van der Waals surface area (Å²) in [6.07, 6.45) is 9.87. The molecule has 1 amide bonds. The third kappa shape index (κ3) is 3.36. The van der Waals surface area contributed by atoms with Crippen LogP contribution in [0.25, 0.3) is 0 Å². The van der Waals surface area contributed by atoms with Gasteiger partial charge in [-0.2, -0.15) is 0 Å². The van der Waals surface area contributed by atoms with Gasteiger partial charge in [0.15, 0.2) is 0 Å². The molecule has 0 spiro atoms. The Bertz CT molecular complexity index is 336. The molecule has 0 aromatic rings. The highest BCUT2D eigenvalue weighted by atomic mass is 16.1. The van der Waals surface area contributed by atoms with Crippen molar-refractivity contribution in [3.8, 4) is 0 Å². The molecule has 3 nitrogen and oxygen atoms in total. The van der Waals surface area contributed by atoms with Gasteiger partial charge in [-0.25, -0.2) is 0 Å². The summed E-state index contributed by atoms with van der Waals surface area (Å²) in [4.78, 5) is 14.8. The number of rotatable bonds is 5. The first kappa shape index (κ1) is 14.4. The van der Waals surface area contributed by atoms with E-state index in [0.717, 1.165) is 44.2 Å². The number of likely N-dealkylation sites (tertiary alicyclic amines) is 1. The van der Waals surface area contributed by atoms with E-state index in [2.05, 4.69) is 17.1 Å². The van der Waals surface area contributed by atoms with Crippen LogP contribution in [-0.4, -0.2) is 36.5 Å². The third-order valence-corrected chi connectivity index (χ3v) is 5.82. The van der Waals surface area contributed by atoms with Crippen molar-refractivity contribution in [1.29, 1.82) is 0 Å². The van der Waals surface area contributed by atoms with E-state index in [1.165, 1.54) is 38.6 Å². The average molecular weight is 278 g/mol. The standard InChI is InChI=1S/C17H30N2O/c1-2-7-19-8-5-16(6-9-19)18-17(20)12-15-11-13-3-4-14(15)10-13/h13-16H,2-12H2,1H3,(H,18,20). The molecule has 1 saturated heterocycles. The second-order valence-corrected chi connectivity index (χ2v) is 7.32. The molecule has 3 fully saturated rings. The molecule has 2 saturated carbocycles. The number of hydrogen-bond acceptors (Lipinski definition) is 2. The van der Waals surface area contributed by atoms with Crippen LogP contribution in [0.15, 0.2) is 0 Å². The van der Waals surface area contributed by atoms with Crippen molar-refractivity contribution in [2.75, 3.05) is 19.6 Å². The molecule has 2 aliphatic carbocycles. The predicted octanol–water partition coefficient (Wildman–Crippen LogP) is 2.80. The molecule has 20 heavy (non-hydrogen) atoms. The molecule has 3 unspecified atom stereocenters. The third-order valence-electron chi connectivity index (χ3n) is 5.82. The zero-order chi connectivity index (χ0) is 13.9. The topological polar surface area (TPSA) is 32.3 Å². The molecule has 3 heteroatoms. The highest BCUT2D eigenvalue weighted by molar-refractivity contribution is 5.76. The van der Waals surface area contributed by atoms with Crippen molar-refractivity contribution in [2.45, 2.75) is 64.3 Å². The van der Waals surface area contributed by atoms with Gasteiger partial charge in [-0.05, 0) is 62.8 Å². The maximum atomic E-state index is 12.2. The molecule has 0 aromatic carbocycles. The number of amides is 1. The molecule has 0 radical (unpaired) electrons. The molecule has 1 N–H and O–H groups in total. The second-order valence-electron chi connectivity index (χ2n) is 7.32. The van der Waals surface area contributed by atoms with E-state index in [1.807, 2.05) is 0 Å². The Morgan fingerprint density at radius 1 is 1.15 bits per heavy atom. The SMILES string of the molecule is CCCN1CCC(NC(=O)CC2CC3CCC2C3)CC1. The van der Waals surface area contributed by atoms with E-state index < -0.39 is 0 Å². The summed E-state index contributed by atoms with van der Waals surface area (Å²) in [6, 6.07) is 0.439. The van der Waals surface area contributed by atoms with Gasteiger partial charge in [0.2, 0.25) is 5.91 Å². The van der Waals surface area contributed by atoms with Crippen LogP contribution in [0.1, 0.15) is 58.3 Å². The molecule has 1 heterocycles. The fourth-order valence-electron chi connectivity index (χ4n) is 4.77. The molecule has 3 atom stereocenters. The van der Waals surface area contributed by atoms with Crippen molar-refractivity contribution in [2.24, 2.45) is 17.8 Å². The highest BCUT2D eigenvalue weighted by Gasteiger charge is 2.40. The summed E-state index contributed by atoms with van der Waals surface area (Å²) < 4.78 is 0. The first-order valence-corrected chi connectivity index (χ1v) is 8.76. The minimum atomic E-state index is 0.330. The predicted molar refractivity (Wildman–Crippen MR) is 81.5 cm³/mol. The Labute approximate surface area is 123 Å². The molecular weight excluding hydrogens is 248 g/mol. The fourth-order valence-corrected chi connectivity index (χ4v) is 4.77. The summed E-state index contributed by atoms with van der Waals surface area (Å²) in [7, 11) is 0. The van der Waals surface area contributed by atoms with Crippen LogP contribution in [0.4, 0.5) is 0 Å². The van der Waals surface area contributed by atoms with Crippen LogP contribution in [0.5, 0.6) is 0 Å². The highest BCUT2D eigenvalue weighted by Crippen LogP contribution is 2.49. The van der Waals surface area contributed by atoms with E-state index in [0.29, 0.717) is 17.9 Å². The van der Waals surface area contributed by atoms with Gasteiger partial charge in [0, 0.05) is 25.6 Å². The summed E-state index contributed by atoms with van der Waals surface area (Å²) in [5.74, 6) is 2.86. The van der Waals surface area contributed by atoms with Crippen LogP contribution < -0.4 is 5.32 Å². The minimum absolute atomic E-state index is 0.330. The van der Waals surface area contributed by atoms with Crippen molar-refractivity contribution in [3.05, 3.63) is 0 Å². The second kappa shape index (κ2) is 6.46. The Morgan fingerprint density at radius 3 is 2.55 bits per heavy atom. The zero-order valence-electron chi connectivity index (χ0n) is 12.9. The van der Waals surface area contributed by atoms with Crippen LogP contribution in [0.2, 0.25) is 0 Å². The largest absolute Gasteiger partial charge is 0.353 e. The van der Waals surface area contributed by atoms with Gasteiger partial charge < -0.3 is 10.2 Å². The number of nitrogens with one attached hydrogen (secondary N) is 1. The van der Waals surface area contributed by atoms with E-state index >= 15 is 0 Å². The molecule has 2 bridgehead atoms. The van der Waals surface area contributed by atoms with Gasteiger partial charge in [0.05, 0.1) is 0 Å². The van der Waals surface area contributed by atoms with Gasteiger partial charge in [-0.15, -0.1) is 0 Å². The summed E-state index contributed by atoms with van der Waals surface area (Å²) in [5, 5.41) is 3.30. The van der Waals surface area contributed by atoms with E-state index in [-0.39, 0.29) is 0 Å². The van der Waals surface area contributed by atoms with Gasteiger partial charge >= 0.3 is 0 Å². The Morgan fingerprint density at radius 2 is 1.95 bits per heavy atom. The smallest absolute Gasteiger partial charge is 0.220 e. The summed E-state index contributed by atoms with van der Waals surface area (Å²) in [6.45, 7) is 5.77. The number of piperidine rings is 1. The molecule has 3 rings (SSSR count). The lowest BCUT2D eigenvalue weighted by Crippen LogP contribution is -2.45. The first-order valence-electron chi connectivity index (χ1n) is 8.76. The number of carbonyl (C=O) groups excluding carboxylic acids is 1. The maximum Gasteiger partial charge on any atom is 0.220 e. The summed E-state index contributed by atoms with van der Waals surface area (Å²) >= 11 is 0. The van der Waals surface area contributed by atoms with E-state index in [9.17, 15) is 4.79 Å². The average Bonchev–Trinajstić information content (AvgIpc) is 3.03. The lowest BCUT2D eigenvalue weighted by atomic mass is 9.86. The Kier molecular flexibility index (Phi) is 4.65. The van der Waals surface area contributed by atoms with Gasteiger partial charge in [0.1, 0.15) is 0 Å². The normalized spacial score (nSPS) is 34.5. The quantitative estimate of drug-likeness (QED) is 0.838.